The fraction of sp³-hybridized carbons (Fsp3) is 0.300. The first-order chi connectivity index (χ1) is 9.95. The van der Waals surface area contributed by atoms with Crippen LogP contribution in [0.3, 0.4) is 0 Å². The van der Waals surface area contributed by atoms with E-state index in [-0.39, 0.29) is 5.56 Å². The van der Waals surface area contributed by atoms with E-state index in [1.807, 2.05) is 73.8 Å². The number of rotatable bonds is 5. The number of sulfonamides is 1. The van der Waals surface area contributed by atoms with E-state index in [0.717, 1.165) is 7.14 Å². The van der Waals surface area contributed by atoms with Crippen LogP contribution < -0.4 is 4.72 Å². The van der Waals surface area contributed by atoms with Gasteiger partial charge in [0, 0.05) is 17.3 Å². The summed E-state index contributed by atoms with van der Waals surface area (Å²) in [5.41, 5.74) is -5.12. The Kier molecular flexibility index (Phi) is 7.60. The third-order valence-corrected chi connectivity index (χ3v) is 7.01. The van der Waals surface area contributed by atoms with Gasteiger partial charge in [-0.2, -0.15) is 13.2 Å². The van der Waals surface area contributed by atoms with Crippen LogP contribution in [-0.4, -0.2) is 33.0 Å². The SMILES string of the molecule is O=C(OCCNS(=O)(=O)C(F)(F)F)c1cc(I)cc(I)c1I. The highest BCUT2D eigenvalue weighted by Gasteiger charge is 2.45. The monoisotopic (exact) mass is 675 g/mol. The molecular formula is C10H7F3I3NO4S. The zero-order chi connectivity index (χ0) is 17.1. The van der Waals surface area contributed by atoms with Crippen LogP contribution >= 0.6 is 67.8 Å². The number of esters is 1. The molecule has 1 aromatic carbocycles. The minimum atomic E-state index is -5.43. The van der Waals surface area contributed by atoms with Crippen LogP contribution in [0.5, 0.6) is 0 Å². The zero-order valence-corrected chi connectivity index (χ0v) is 17.7. The molecule has 0 saturated heterocycles. The predicted octanol–water partition coefficient (Wildman–Crippen LogP) is 3.10. The average molecular weight is 675 g/mol. The van der Waals surface area contributed by atoms with Crippen LogP contribution in [0.4, 0.5) is 13.2 Å². The minimum Gasteiger partial charge on any atom is -0.461 e. The van der Waals surface area contributed by atoms with Crippen molar-refractivity contribution in [3.63, 3.8) is 0 Å². The number of nitrogens with one attached hydrogen (secondary N) is 1. The molecule has 0 aliphatic carbocycles. The second kappa shape index (κ2) is 8.11. The van der Waals surface area contributed by atoms with E-state index >= 15 is 0 Å². The van der Waals surface area contributed by atoms with E-state index in [9.17, 15) is 26.4 Å². The predicted molar refractivity (Wildman–Crippen MR) is 97.9 cm³/mol. The maximum Gasteiger partial charge on any atom is 0.511 e. The Labute approximate surface area is 165 Å². The van der Waals surface area contributed by atoms with Crippen molar-refractivity contribution in [2.45, 2.75) is 5.51 Å². The smallest absolute Gasteiger partial charge is 0.461 e. The first-order valence-electron chi connectivity index (χ1n) is 5.33. The van der Waals surface area contributed by atoms with Crippen LogP contribution in [-0.2, 0) is 14.8 Å². The molecule has 22 heavy (non-hydrogen) atoms. The molecular weight excluding hydrogens is 668 g/mol. The van der Waals surface area contributed by atoms with Crippen molar-refractivity contribution in [1.82, 2.24) is 4.72 Å². The molecule has 0 heterocycles. The third kappa shape index (κ3) is 5.59. The van der Waals surface area contributed by atoms with Gasteiger partial charge >= 0.3 is 21.5 Å². The van der Waals surface area contributed by atoms with Gasteiger partial charge in [0.1, 0.15) is 6.61 Å². The Hall–Kier alpha value is 0.580. The first kappa shape index (κ1) is 20.6. The van der Waals surface area contributed by atoms with Gasteiger partial charge in [-0.1, -0.05) is 0 Å². The highest BCUT2D eigenvalue weighted by atomic mass is 127. The first-order valence-corrected chi connectivity index (χ1v) is 10.1. The van der Waals surface area contributed by atoms with E-state index in [0.29, 0.717) is 3.57 Å². The third-order valence-electron chi connectivity index (χ3n) is 2.14. The Morgan fingerprint density at radius 2 is 1.82 bits per heavy atom. The molecule has 0 aliphatic heterocycles. The normalized spacial score (nSPS) is 12.3. The quantitative estimate of drug-likeness (QED) is 0.226. The fourth-order valence-corrected chi connectivity index (χ4v) is 4.08. The van der Waals surface area contributed by atoms with Crippen molar-refractivity contribution in [3.8, 4) is 0 Å². The van der Waals surface area contributed by atoms with Gasteiger partial charge in [-0.15, -0.1) is 0 Å². The van der Waals surface area contributed by atoms with Gasteiger partial charge in [0.05, 0.1) is 5.56 Å². The van der Waals surface area contributed by atoms with Crippen molar-refractivity contribution in [2.24, 2.45) is 0 Å². The summed E-state index contributed by atoms with van der Waals surface area (Å²) in [4.78, 5) is 11.9. The number of carbonyl (C=O) groups excluding carboxylic acids is 1. The van der Waals surface area contributed by atoms with Crippen LogP contribution in [0.15, 0.2) is 12.1 Å². The molecule has 1 aromatic rings. The number of hydrogen-bond acceptors (Lipinski definition) is 4. The van der Waals surface area contributed by atoms with Crippen LogP contribution in [0.25, 0.3) is 0 Å². The number of ether oxygens (including phenoxy) is 1. The molecule has 0 radical (unpaired) electrons. The number of halogens is 6. The molecule has 0 bridgehead atoms. The van der Waals surface area contributed by atoms with Gasteiger partial charge in [0.15, 0.2) is 0 Å². The van der Waals surface area contributed by atoms with E-state index in [4.69, 9.17) is 4.74 Å². The summed E-state index contributed by atoms with van der Waals surface area (Å²) >= 11 is 6.00. The van der Waals surface area contributed by atoms with E-state index in [1.165, 1.54) is 4.72 Å². The van der Waals surface area contributed by atoms with Gasteiger partial charge in [-0.05, 0) is 79.9 Å². The topological polar surface area (TPSA) is 72.5 Å². The van der Waals surface area contributed by atoms with Gasteiger partial charge in [0.2, 0.25) is 0 Å². The highest BCUT2D eigenvalue weighted by Crippen LogP contribution is 2.23. The maximum atomic E-state index is 12.1. The standard InChI is InChI=1S/C10H7F3I3NO4S/c11-10(12,13)22(19,20)17-1-2-21-9(18)6-3-5(14)4-7(15)8(6)16/h3-4,17H,1-2H2. The Bertz CT molecular complexity index is 679. The lowest BCUT2D eigenvalue weighted by Gasteiger charge is -2.11. The fourth-order valence-electron chi connectivity index (χ4n) is 1.18. The van der Waals surface area contributed by atoms with E-state index in [1.54, 1.807) is 6.07 Å². The molecule has 0 aliphatic rings. The van der Waals surface area contributed by atoms with Crippen LogP contribution in [0.2, 0.25) is 0 Å². The number of hydrogen-bond donors (Lipinski definition) is 1. The molecule has 0 fully saturated rings. The van der Waals surface area contributed by atoms with Crippen molar-refractivity contribution in [1.29, 1.82) is 0 Å². The second-order valence-corrected chi connectivity index (χ2v) is 8.97. The second-order valence-electron chi connectivity index (χ2n) is 3.73. The summed E-state index contributed by atoms with van der Waals surface area (Å²) in [6.07, 6.45) is 0. The number of benzene rings is 1. The van der Waals surface area contributed by atoms with Crippen molar-refractivity contribution < 1.29 is 31.1 Å². The molecule has 5 nitrogen and oxygen atoms in total. The zero-order valence-electron chi connectivity index (χ0n) is 10.4. The molecule has 0 aromatic heterocycles. The number of carbonyl (C=O) groups is 1. The minimum absolute atomic E-state index is 0.274. The Morgan fingerprint density at radius 1 is 1.23 bits per heavy atom. The van der Waals surface area contributed by atoms with Crippen molar-refractivity contribution in [2.75, 3.05) is 13.2 Å². The van der Waals surface area contributed by atoms with Gasteiger partial charge < -0.3 is 4.74 Å². The van der Waals surface area contributed by atoms with Crippen molar-refractivity contribution >= 4 is 83.8 Å². The summed E-state index contributed by atoms with van der Waals surface area (Å²) in [7, 11) is -5.43. The summed E-state index contributed by atoms with van der Waals surface area (Å²) < 4.78 is 66.0. The lowest BCUT2D eigenvalue weighted by Crippen LogP contribution is -2.38. The maximum absolute atomic E-state index is 12.1. The molecule has 0 saturated carbocycles. The van der Waals surface area contributed by atoms with Crippen LogP contribution in [0.1, 0.15) is 10.4 Å². The summed E-state index contributed by atoms with van der Waals surface area (Å²) in [5, 5.41) is 0. The largest absolute Gasteiger partial charge is 0.511 e. The van der Waals surface area contributed by atoms with Crippen LogP contribution in [0, 0.1) is 10.7 Å². The van der Waals surface area contributed by atoms with E-state index < -0.39 is 34.7 Å². The van der Waals surface area contributed by atoms with Gasteiger partial charge in [0.25, 0.3) is 0 Å². The van der Waals surface area contributed by atoms with E-state index in [2.05, 4.69) is 0 Å². The molecule has 0 unspecified atom stereocenters. The van der Waals surface area contributed by atoms with Gasteiger partial charge in [-0.25, -0.2) is 17.9 Å². The van der Waals surface area contributed by atoms with Crippen molar-refractivity contribution in [3.05, 3.63) is 28.4 Å². The molecule has 0 atom stereocenters. The molecule has 0 spiro atoms. The Balaban J connectivity index is 2.62. The number of alkyl halides is 3. The highest BCUT2D eigenvalue weighted by molar-refractivity contribution is 14.1. The molecule has 1 rings (SSSR count). The molecule has 0 amide bonds. The molecule has 12 heteroatoms. The summed E-state index contributed by atoms with van der Waals surface area (Å²) in [6, 6.07) is 3.42. The summed E-state index contributed by atoms with van der Waals surface area (Å²) in [6.45, 7) is -1.17. The lowest BCUT2D eigenvalue weighted by molar-refractivity contribution is -0.0448. The Morgan fingerprint density at radius 3 is 2.36 bits per heavy atom. The molecule has 124 valence electrons. The molecule has 1 N–H and O–H groups in total. The summed E-state index contributed by atoms with van der Waals surface area (Å²) in [5.74, 6) is -0.730. The average Bonchev–Trinajstić information content (AvgIpc) is 2.37. The van der Waals surface area contributed by atoms with Gasteiger partial charge in [-0.3, -0.25) is 0 Å². The lowest BCUT2D eigenvalue weighted by atomic mass is 10.2.